The molecule has 1 aromatic heterocycles. The van der Waals surface area contributed by atoms with Crippen molar-refractivity contribution >= 4 is 5.95 Å². The number of nitrogens with one attached hydrogen (secondary N) is 1. The fraction of sp³-hybridized carbons (Fsp3) is 0.800. The topological polar surface area (TPSA) is 42.3 Å². The van der Waals surface area contributed by atoms with Crippen molar-refractivity contribution in [2.24, 2.45) is 0 Å². The number of ether oxygens (including phenoxy) is 1. The second kappa shape index (κ2) is 7.09. The van der Waals surface area contributed by atoms with Crippen molar-refractivity contribution in [3.8, 4) is 0 Å². The molecule has 0 radical (unpaired) electrons. The van der Waals surface area contributed by atoms with Crippen molar-refractivity contribution < 1.29 is 4.74 Å². The van der Waals surface area contributed by atoms with E-state index in [4.69, 9.17) is 4.74 Å². The molecule has 0 aromatic carbocycles. The van der Waals surface area contributed by atoms with E-state index in [-0.39, 0.29) is 0 Å². The molecule has 0 bridgehead atoms. The van der Waals surface area contributed by atoms with E-state index < -0.39 is 0 Å². The molecule has 0 aliphatic carbocycles. The highest BCUT2D eigenvalue weighted by atomic mass is 16.5. The molecule has 1 saturated heterocycles. The van der Waals surface area contributed by atoms with E-state index >= 15 is 0 Å². The Bertz CT molecular complexity index is 418. The van der Waals surface area contributed by atoms with Crippen molar-refractivity contribution in [3.63, 3.8) is 0 Å². The lowest BCUT2D eigenvalue weighted by Gasteiger charge is -2.32. The number of piperidine rings is 1. The second-order valence-corrected chi connectivity index (χ2v) is 5.93. The molecule has 5 heteroatoms. The average Bonchev–Trinajstić information content (AvgIpc) is 2.79. The Morgan fingerprint density at radius 1 is 1.50 bits per heavy atom. The van der Waals surface area contributed by atoms with Gasteiger partial charge in [0.25, 0.3) is 0 Å². The molecule has 2 atom stereocenters. The van der Waals surface area contributed by atoms with Crippen molar-refractivity contribution in [1.82, 2.24) is 14.5 Å². The highest BCUT2D eigenvalue weighted by Gasteiger charge is 2.19. The van der Waals surface area contributed by atoms with Crippen LogP contribution >= 0.6 is 0 Å². The quantitative estimate of drug-likeness (QED) is 0.868. The van der Waals surface area contributed by atoms with Crippen LogP contribution in [0.2, 0.25) is 0 Å². The van der Waals surface area contributed by atoms with Gasteiger partial charge in [0, 0.05) is 25.9 Å². The van der Waals surface area contributed by atoms with Crippen LogP contribution < -0.4 is 5.32 Å². The minimum atomic E-state index is 0.299. The highest BCUT2D eigenvalue weighted by Crippen LogP contribution is 2.19. The maximum absolute atomic E-state index is 5.25. The summed E-state index contributed by atoms with van der Waals surface area (Å²) >= 11 is 0. The Kier molecular flexibility index (Phi) is 5.43. The molecule has 1 aromatic rings. The third-order valence-electron chi connectivity index (χ3n) is 4.15. The number of likely N-dealkylation sites (N-methyl/N-ethyl adjacent to an activating group) is 1. The number of hydrogen-bond acceptors (Lipinski definition) is 4. The first kappa shape index (κ1) is 15.3. The van der Waals surface area contributed by atoms with Crippen LogP contribution in [0.25, 0.3) is 0 Å². The number of hydrogen-bond donors (Lipinski definition) is 1. The summed E-state index contributed by atoms with van der Waals surface area (Å²) in [6, 6.07) is 0.916. The maximum atomic E-state index is 5.25. The third kappa shape index (κ3) is 3.73. The Morgan fingerprint density at radius 3 is 3.00 bits per heavy atom. The Labute approximate surface area is 122 Å². The molecule has 0 spiro atoms. The van der Waals surface area contributed by atoms with E-state index in [0.717, 1.165) is 18.2 Å². The van der Waals surface area contributed by atoms with Gasteiger partial charge in [-0.15, -0.1) is 0 Å². The van der Waals surface area contributed by atoms with Gasteiger partial charge in [0.1, 0.15) is 0 Å². The lowest BCUT2D eigenvalue weighted by atomic mass is 10.0. The summed E-state index contributed by atoms with van der Waals surface area (Å²) in [5.74, 6) is 0.964. The van der Waals surface area contributed by atoms with E-state index in [1.165, 1.54) is 25.8 Å². The van der Waals surface area contributed by atoms with E-state index in [2.05, 4.69) is 39.9 Å². The van der Waals surface area contributed by atoms with Crippen LogP contribution in [-0.4, -0.2) is 54.3 Å². The summed E-state index contributed by atoms with van der Waals surface area (Å²) in [6.45, 7) is 7.07. The van der Waals surface area contributed by atoms with Crippen molar-refractivity contribution in [2.45, 2.75) is 45.2 Å². The van der Waals surface area contributed by atoms with Crippen molar-refractivity contribution in [3.05, 3.63) is 11.9 Å². The van der Waals surface area contributed by atoms with Crippen LogP contribution in [-0.2, 0) is 4.74 Å². The van der Waals surface area contributed by atoms with E-state index in [9.17, 15) is 0 Å². The minimum absolute atomic E-state index is 0.299. The monoisotopic (exact) mass is 280 g/mol. The predicted octanol–water partition coefficient (Wildman–Crippen LogP) is 2.30. The van der Waals surface area contributed by atoms with Crippen LogP contribution in [0.5, 0.6) is 0 Å². The Morgan fingerprint density at radius 2 is 2.30 bits per heavy atom. The van der Waals surface area contributed by atoms with Crippen LogP contribution in [0.1, 0.15) is 37.9 Å². The van der Waals surface area contributed by atoms with Gasteiger partial charge < -0.3 is 19.5 Å². The summed E-state index contributed by atoms with van der Waals surface area (Å²) in [5.41, 5.74) is 1.05. The Balaban J connectivity index is 1.98. The Hall–Kier alpha value is -1.07. The fourth-order valence-corrected chi connectivity index (χ4v) is 2.92. The van der Waals surface area contributed by atoms with E-state index in [0.29, 0.717) is 18.7 Å². The second-order valence-electron chi connectivity index (χ2n) is 5.93. The van der Waals surface area contributed by atoms with Crippen molar-refractivity contribution in [2.75, 3.05) is 39.2 Å². The molecular weight excluding hydrogens is 252 g/mol. The number of nitrogens with zero attached hydrogens (tertiary/aromatic N) is 3. The first-order valence-corrected chi connectivity index (χ1v) is 7.60. The van der Waals surface area contributed by atoms with Gasteiger partial charge in [-0.3, -0.25) is 0 Å². The lowest BCUT2D eigenvalue weighted by Crippen LogP contribution is -2.41. The van der Waals surface area contributed by atoms with Gasteiger partial charge in [-0.1, -0.05) is 6.42 Å². The standard InChI is InChI=1S/C15H28N4O/c1-12-10-19(13(2)11-20-4)15(17-12)16-9-14-7-5-6-8-18(14)3/h10,13-14H,5-9,11H2,1-4H3,(H,16,17). The number of anilines is 1. The summed E-state index contributed by atoms with van der Waals surface area (Å²) in [5, 5.41) is 3.53. The zero-order chi connectivity index (χ0) is 14.5. The molecule has 1 fully saturated rings. The molecule has 2 rings (SSSR count). The molecule has 2 heterocycles. The molecule has 2 unspecified atom stereocenters. The van der Waals surface area contributed by atoms with Gasteiger partial charge in [0.2, 0.25) is 5.95 Å². The first-order valence-electron chi connectivity index (χ1n) is 7.60. The van der Waals surface area contributed by atoms with Gasteiger partial charge >= 0.3 is 0 Å². The van der Waals surface area contributed by atoms with Gasteiger partial charge in [-0.25, -0.2) is 4.98 Å². The minimum Gasteiger partial charge on any atom is -0.383 e. The number of imidazole rings is 1. The number of likely N-dealkylation sites (tertiary alicyclic amines) is 1. The number of aryl methyl sites for hydroxylation is 1. The smallest absolute Gasteiger partial charge is 0.203 e. The van der Waals surface area contributed by atoms with E-state index in [1.54, 1.807) is 7.11 Å². The lowest BCUT2D eigenvalue weighted by molar-refractivity contribution is 0.162. The molecule has 1 N–H and O–H groups in total. The highest BCUT2D eigenvalue weighted by molar-refractivity contribution is 5.30. The first-order chi connectivity index (χ1) is 9.61. The summed E-state index contributed by atoms with van der Waals surface area (Å²) in [6.07, 6.45) is 6.03. The van der Waals surface area contributed by atoms with Crippen LogP contribution in [0, 0.1) is 6.92 Å². The summed E-state index contributed by atoms with van der Waals surface area (Å²) in [4.78, 5) is 7.05. The van der Waals surface area contributed by atoms with Crippen LogP contribution in [0.15, 0.2) is 6.20 Å². The normalized spacial score (nSPS) is 21.9. The van der Waals surface area contributed by atoms with Gasteiger partial charge in [-0.2, -0.15) is 0 Å². The SMILES string of the molecule is COCC(C)n1cc(C)nc1NCC1CCCCN1C. The van der Waals surface area contributed by atoms with Crippen LogP contribution in [0.3, 0.4) is 0 Å². The zero-order valence-corrected chi connectivity index (χ0v) is 13.2. The molecular formula is C15H28N4O. The van der Waals surface area contributed by atoms with Gasteiger partial charge in [-0.05, 0) is 40.3 Å². The van der Waals surface area contributed by atoms with E-state index in [1.807, 2.05) is 6.92 Å². The molecule has 20 heavy (non-hydrogen) atoms. The number of methoxy groups -OCH3 is 1. The van der Waals surface area contributed by atoms with Crippen molar-refractivity contribution in [1.29, 1.82) is 0 Å². The summed E-state index contributed by atoms with van der Waals surface area (Å²) < 4.78 is 7.43. The zero-order valence-electron chi connectivity index (χ0n) is 13.2. The summed E-state index contributed by atoms with van der Waals surface area (Å²) in [7, 11) is 3.96. The largest absolute Gasteiger partial charge is 0.383 e. The van der Waals surface area contributed by atoms with Gasteiger partial charge in [0.05, 0.1) is 18.3 Å². The molecule has 5 nitrogen and oxygen atoms in total. The fourth-order valence-electron chi connectivity index (χ4n) is 2.92. The predicted molar refractivity (Wildman–Crippen MR) is 82.3 cm³/mol. The third-order valence-corrected chi connectivity index (χ3v) is 4.15. The number of rotatable bonds is 6. The molecule has 1 aliphatic rings. The average molecular weight is 280 g/mol. The molecule has 1 aliphatic heterocycles. The molecule has 0 saturated carbocycles. The number of aromatic nitrogens is 2. The van der Waals surface area contributed by atoms with Gasteiger partial charge in [0.15, 0.2) is 0 Å². The molecule has 114 valence electrons. The van der Waals surface area contributed by atoms with Crippen LogP contribution in [0.4, 0.5) is 5.95 Å². The molecule has 0 amide bonds. The maximum Gasteiger partial charge on any atom is 0.203 e.